The Hall–Kier alpha value is -1.63. The van der Waals surface area contributed by atoms with Crippen LogP contribution in [0.15, 0.2) is 18.3 Å². The number of alkyl halides is 3. The number of carbonyl (C=O) groups is 1. The molecule has 0 aromatic carbocycles. The van der Waals surface area contributed by atoms with Crippen LogP contribution in [0.5, 0.6) is 0 Å². The zero-order valence-electron chi connectivity index (χ0n) is 11.8. The topological polar surface area (TPSA) is 54.0 Å². The SMILES string of the molecule is CCCC1(C(=O)Nc2ccc(C(F)(F)F)nc2)CCNC1. The number of nitrogens with zero attached hydrogens (tertiary/aromatic N) is 1. The van der Waals surface area contributed by atoms with Crippen LogP contribution < -0.4 is 10.6 Å². The molecule has 2 heterocycles. The summed E-state index contributed by atoms with van der Waals surface area (Å²) in [7, 11) is 0. The van der Waals surface area contributed by atoms with Crippen molar-refractivity contribution in [3.8, 4) is 0 Å². The fraction of sp³-hybridized carbons (Fsp3) is 0.571. The van der Waals surface area contributed by atoms with Crippen molar-refractivity contribution in [1.29, 1.82) is 0 Å². The third-order valence-corrected chi connectivity index (χ3v) is 3.77. The van der Waals surface area contributed by atoms with Gasteiger partial charge in [-0.3, -0.25) is 4.79 Å². The van der Waals surface area contributed by atoms with E-state index in [9.17, 15) is 18.0 Å². The van der Waals surface area contributed by atoms with Gasteiger partial charge in [0, 0.05) is 6.54 Å². The van der Waals surface area contributed by atoms with Crippen LogP contribution in [0.25, 0.3) is 0 Å². The Morgan fingerprint density at radius 3 is 2.71 bits per heavy atom. The number of aromatic nitrogens is 1. The molecule has 4 nitrogen and oxygen atoms in total. The van der Waals surface area contributed by atoms with Crippen LogP contribution in [0.2, 0.25) is 0 Å². The maximum atomic E-state index is 12.4. The first-order valence-electron chi connectivity index (χ1n) is 6.93. The summed E-state index contributed by atoms with van der Waals surface area (Å²) in [5, 5.41) is 5.85. The van der Waals surface area contributed by atoms with E-state index in [0.717, 1.165) is 38.1 Å². The second-order valence-corrected chi connectivity index (χ2v) is 5.34. The van der Waals surface area contributed by atoms with E-state index in [1.807, 2.05) is 6.92 Å². The molecule has 1 aromatic heterocycles. The monoisotopic (exact) mass is 301 g/mol. The predicted molar refractivity (Wildman–Crippen MR) is 72.7 cm³/mol. The maximum Gasteiger partial charge on any atom is 0.433 e. The molecule has 2 N–H and O–H groups in total. The zero-order valence-corrected chi connectivity index (χ0v) is 11.8. The molecule has 1 unspecified atom stereocenters. The van der Waals surface area contributed by atoms with E-state index in [1.165, 1.54) is 6.07 Å². The highest BCUT2D eigenvalue weighted by molar-refractivity contribution is 5.95. The molecular formula is C14H18F3N3O. The number of rotatable bonds is 4. The summed E-state index contributed by atoms with van der Waals surface area (Å²) >= 11 is 0. The Morgan fingerprint density at radius 2 is 2.24 bits per heavy atom. The van der Waals surface area contributed by atoms with Gasteiger partial charge in [-0.25, -0.2) is 4.98 Å². The van der Waals surface area contributed by atoms with Gasteiger partial charge in [-0.15, -0.1) is 0 Å². The van der Waals surface area contributed by atoms with Crippen molar-refractivity contribution in [3.63, 3.8) is 0 Å². The molecule has 1 atom stereocenters. The molecule has 1 amide bonds. The van der Waals surface area contributed by atoms with Crippen molar-refractivity contribution in [2.24, 2.45) is 5.41 Å². The third-order valence-electron chi connectivity index (χ3n) is 3.77. The first-order valence-corrected chi connectivity index (χ1v) is 6.93. The van der Waals surface area contributed by atoms with Crippen LogP contribution in [-0.2, 0) is 11.0 Å². The van der Waals surface area contributed by atoms with Gasteiger partial charge in [-0.2, -0.15) is 13.2 Å². The molecule has 0 bridgehead atoms. The number of halogens is 3. The summed E-state index contributed by atoms with van der Waals surface area (Å²) < 4.78 is 37.3. The van der Waals surface area contributed by atoms with Crippen molar-refractivity contribution in [1.82, 2.24) is 10.3 Å². The molecule has 1 fully saturated rings. The fourth-order valence-electron chi connectivity index (χ4n) is 2.64. The van der Waals surface area contributed by atoms with Crippen molar-refractivity contribution < 1.29 is 18.0 Å². The predicted octanol–water partition coefficient (Wildman–Crippen LogP) is 2.82. The third kappa shape index (κ3) is 3.53. The number of nitrogens with one attached hydrogen (secondary N) is 2. The number of hydrogen-bond acceptors (Lipinski definition) is 3. The minimum Gasteiger partial charge on any atom is -0.324 e. The van der Waals surface area contributed by atoms with Crippen LogP contribution in [-0.4, -0.2) is 24.0 Å². The Labute approximate surface area is 121 Å². The number of carbonyl (C=O) groups excluding carboxylic acids is 1. The Balaban J connectivity index is 2.08. The van der Waals surface area contributed by atoms with E-state index in [0.29, 0.717) is 6.54 Å². The van der Waals surface area contributed by atoms with Crippen LogP contribution >= 0.6 is 0 Å². The molecule has 1 saturated heterocycles. The van der Waals surface area contributed by atoms with E-state index in [1.54, 1.807) is 0 Å². The lowest BCUT2D eigenvalue weighted by Gasteiger charge is -2.26. The summed E-state index contributed by atoms with van der Waals surface area (Å²) in [6.45, 7) is 3.38. The molecule has 1 aliphatic heterocycles. The van der Waals surface area contributed by atoms with Gasteiger partial charge in [0.05, 0.1) is 17.3 Å². The highest BCUT2D eigenvalue weighted by Gasteiger charge is 2.40. The molecule has 0 aliphatic carbocycles. The van der Waals surface area contributed by atoms with E-state index in [4.69, 9.17) is 0 Å². The average Bonchev–Trinajstić information content (AvgIpc) is 2.89. The smallest absolute Gasteiger partial charge is 0.324 e. The Bertz CT molecular complexity index is 493. The van der Waals surface area contributed by atoms with Crippen LogP contribution in [0.3, 0.4) is 0 Å². The standard InChI is InChI=1S/C14H18F3N3O/c1-2-5-13(6-7-18-9-13)12(21)20-10-3-4-11(19-8-10)14(15,16)17/h3-4,8,18H,2,5-7,9H2,1H3,(H,20,21). The number of hydrogen-bond donors (Lipinski definition) is 2. The van der Waals surface area contributed by atoms with Gasteiger partial charge in [0.2, 0.25) is 5.91 Å². The number of anilines is 1. The maximum absolute atomic E-state index is 12.4. The molecule has 0 spiro atoms. The summed E-state index contributed by atoms with van der Waals surface area (Å²) in [5.41, 5.74) is -1.15. The van der Waals surface area contributed by atoms with Crippen molar-refractivity contribution in [3.05, 3.63) is 24.0 Å². The highest BCUT2D eigenvalue weighted by Crippen LogP contribution is 2.33. The lowest BCUT2D eigenvalue weighted by Crippen LogP contribution is -2.38. The van der Waals surface area contributed by atoms with Gasteiger partial charge in [0.15, 0.2) is 0 Å². The van der Waals surface area contributed by atoms with Gasteiger partial charge in [0.25, 0.3) is 0 Å². The van der Waals surface area contributed by atoms with Crippen LogP contribution in [0, 0.1) is 5.41 Å². The first-order chi connectivity index (χ1) is 9.87. The fourth-order valence-corrected chi connectivity index (χ4v) is 2.64. The minimum absolute atomic E-state index is 0.157. The first kappa shape index (κ1) is 15.8. The van der Waals surface area contributed by atoms with E-state index >= 15 is 0 Å². The molecular weight excluding hydrogens is 283 g/mol. The summed E-state index contributed by atoms with van der Waals surface area (Å²) in [5.74, 6) is -0.157. The highest BCUT2D eigenvalue weighted by atomic mass is 19.4. The second-order valence-electron chi connectivity index (χ2n) is 5.34. The molecule has 116 valence electrons. The normalized spacial score (nSPS) is 22.3. The summed E-state index contributed by atoms with van der Waals surface area (Å²) in [6.07, 6.45) is -1.06. The van der Waals surface area contributed by atoms with E-state index in [2.05, 4.69) is 15.6 Å². The molecule has 0 radical (unpaired) electrons. The molecule has 0 saturated carbocycles. The minimum atomic E-state index is -4.47. The quantitative estimate of drug-likeness (QED) is 0.899. The van der Waals surface area contributed by atoms with E-state index in [-0.39, 0.29) is 11.6 Å². The Kier molecular flexibility index (Phi) is 4.51. The molecule has 1 aromatic rings. The second kappa shape index (κ2) is 6.01. The lowest BCUT2D eigenvalue weighted by molar-refractivity contribution is -0.141. The number of pyridine rings is 1. The van der Waals surface area contributed by atoms with E-state index < -0.39 is 17.3 Å². The molecule has 21 heavy (non-hydrogen) atoms. The largest absolute Gasteiger partial charge is 0.433 e. The molecule has 1 aliphatic rings. The summed E-state index contributed by atoms with van der Waals surface area (Å²) in [6, 6.07) is 2.10. The van der Waals surface area contributed by atoms with Crippen LogP contribution in [0.4, 0.5) is 18.9 Å². The van der Waals surface area contributed by atoms with Gasteiger partial charge < -0.3 is 10.6 Å². The van der Waals surface area contributed by atoms with Gasteiger partial charge in [-0.1, -0.05) is 13.3 Å². The number of amides is 1. The van der Waals surface area contributed by atoms with Crippen molar-refractivity contribution in [2.75, 3.05) is 18.4 Å². The summed E-state index contributed by atoms with van der Waals surface area (Å²) in [4.78, 5) is 15.8. The van der Waals surface area contributed by atoms with Gasteiger partial charge in [0.1, 0.15) is 5.69 Å². The Morgan fingerprint density at radius 1 is 1.48 bits per heavy atom. The van der Waals surface area contributed by atoms with Gasteiger partial charge >= 0.3 is 6.18 Å². The van der Waals surface area contributed by atoms with Gasteiger partial charge in [-0.05, 0) is 31.5 Å². The zero-order chi connectivity index (χ0) is 15.5. The molecule has 7 heteroatoms. The van der Waals surface area contributed by atoms with Crippen LogP contribution in [0.1, 0.15) is 31.9 Å². The molecule has 2 rings (SSSR count). The average molecular weight is 301 g/mol. The lowest BCUT2D eigenvalue weighted by atomic mass is 9.81. The van der Waals surface area contributed by atoms with Crippen molar-refractivity contribution in [2.45, 2.75) is 32.4 Å². The van der Waals surface area contributed by atoms with Crippen molar-refractivity contribution >= 4 is 11.6 Å².